The molecule has 8 heteroatoms. The Bertz CT molecular complexity index is 704. The van der Waals surface area contributed by atoms with Crippen molar-refractivity contribution in [2.24, 2.45) is 7.05 Å². The lowest BCUT2D eigenvalue weighted by Gasteiger charge is -2.12. The number of carbonyl (C=O) groups excluding carboxylic acids is 2. The van der Waals surface area contributed by atoms with Crippen LogP contribution < -0.4 is 10.6 Å². The summed E-state index contributed by atoms with van der Waals surface area (Å²) < 4.78 is 1.53. The van der Waals surface area contributed by atoms with Crippen molar-refractivity contribution in [1.82, 2.24) is 30.6 Å². The van der Waals surface area contributed by atoms with Crippen LogP contribution in [0.4, 0.5) is 0 Å². The van der Waals surface area contributed by atoms with E-state index in [0.29, 0.717) is 16.7 Å². The first kappa shape index (κ1) is 14.4. The van der Waals surface area contributed by atoms with Gasteiger partial charge in [-0.2, -0.15) is 0 Å². The molecule has 2 N–H and O–H groups in total. The van der Waals surface area contributed by atoms with E-state index in [2.05, 4.69) is 25.9 Å². The normalized spacial score (nSPS) is 15.1. The maximum Gasteiger partial charge on any atom is 0.253 e. The van der Waals surface area contributed by atoms with Gasteiger partial charge in [-0.15, -0.1) is 5.10 Å². The van der Waals surface area contributed by atoms with Crippen molar-refractivity contribution >= 4 is 23.0 Å². The number of nitrogens with zero attached hydrogens (tertiary/aromatic N) is 4. The molecule has 0 unspecified atom stereocenters. The van der Waals surface area contributed by atoms with Gasteiger partial charge in [-0.05, 0) is 18.9 Å². The SMILES string of the molecule is Cn1nnc2cc(C(=O)NCC(=O)NC3CCCC3)cnc21. The molecule has 0 spiro atoms. The van der Waals surface area contributed by atoms with Gasteiger partial charge in [0.2, 0.25) is 5.91 Å². The molecule has 8 nitrogen and oxygen atoms in total. The van der Waals surface area contributed by atoms with Gasteiger partial charge in [0, 0.05) is 19.3 Å². The van der Waals surface area contributed by atoms with Crippen LogP contribution in [-0.4, -0.2) is 44.4 Å². The molecule has 1 aliphatic carbocycles. The van der Waals surface area contributed by atoms with Crippen molar-refractivity contribution < 1.29 is 9.59 Å². The van der Waals surface area contributed by atoms with Crippen molar-refractivity contribution in [2.75, 3.05) is 6.54 Å². The highest BCUT2D eigenvalue weighted by Gasteiger charge is 2.17. The molecular weight excluding hydrogens is 284 g/mol. The summed E-state index contributed by atoms with van der Waals surface area (Å²) in [6.45, 7) is -0.0339. The van der Waals surface area contributed by atoms with Crippen molar-refractivity contribution in [2.45, 2.75) is 31.7 Å². The Morgan fingerprint density at radius 3 is 2.91 bits per heavy atom. The van der Waals surface area contributed by atoms with Crippen molar-refractivity contribution in [1.29, 1.82) is 0 Å². The Hall–Kier alpha value is -2.51. The lowest BCUT2D eigenvalue weighted by Crippen LogP contribution is -2.41. The Morgan fingerprint density at radius 1 is 1.36 bits per heavy atom. The van der Waals surface area contributed by atoms with E-state index < -0.39 is 0 Å². The summed E-state index contributed by atoms with van der Waals surface area (Å²) in [5.41, 5.74) is 1.52. The van der Waals surface area contributed by atoms with Gasteiger partial charge in [0.15, 0.2) is 5.65 Å². The first-order valence-corrected chi connectivity index (χ1v) is 7.36. The van der Waals surface area contributed by atoms with Crippen LogP contribution in [-0.2, 0) is 11.8 Å². The monoisotopic (exact) mass is 302 g/mol. The first-order chi connectivity index (χ1) is 10.6. The summed E-state index contributed by atoms with van der Waals surface area (Å²) in [5, 5.41) is 13.3. The van der Waals surface area contributed by atoms with E-state index in [9.17, 15) is 9.59 Å². The van der Waals surface area contributed by atoms with E-state index in [1.165, 1.54) is 10.9 Å². The second-order valence-electron chi connectivity index (χ2n) is 5.51. The summed E-state index contributed by atoms with van der Waals surface area (Å²) in [5.74, 6) is -0.504. The maximum absolute atomic E-state index is 12.1. The van der Waals surface area contributed by atoms with E-state index in [1.807, 2.05) is 0 Å². The predicted octanol–water partition coefficient (Wildman–Crippen LogP) is 0.152. The molecule has 0 radical (unpaired) electrons. The van der Waals surface area contributed by atoms with E-state index >= 15 is 0 Å². The van der Waals surface area contributed by atoms with Gasteiger partial charge in [0.1, 0.15) is 5.52 Å². The first-order valence-electron chi connectivity index (χ1n) is 7.36. The number of carbonyl (C=O) groups is 2. The number of aromatic nitrogens is 4. The minimum absolute atomic E-state index is 0.0339. The molecule has 0 aliphatic heterocycles. The molecule has 2 aromatic rings. The second kappa shape index (κ2) is 6.08. The van der Waals surface area contributed by atoms with E-state index in [0.717, 1.165) is 25.7 Å². The zero-order valence-corrected chi connectivity index (χ0v) is 12.4. The Kier molecular flexibility index (Phi) is 3.99. The summed E-state index contributed by atoms with van der Waals surface area (Å²) >= 11 is 0. The number of amides is 2. The smallest absolute Gasteiger partial charge is 0.253 e. The molecular formula is C14H18N6O2. The van der Waals surface area contributed by atoms with Gasteiger partial charge in [0.05, 0.1) is 12.1 Å². The molecule has 2 heterocycles. The summed E-state index contributed by atoms with van der Waals surface area (Å²) in [4.78, 5) is 28.0. The van der Waals surface area contributed by atoms with Crippen LogP contribution in [0.25, 0.3) is 11.2 Å². The van der Waals surface area contributed by atoms with E-state index in [1.54, 1.807) is 13.1 Å². The van der Waals surface area contributed by atoms with Crippen molar-refractivity contribution in [3.05, 3.63) is 17.8 Å². The predicted molar refractivity (Wildman–Crippen MR) is 79.0 cm³/mol. The minimum Gasteiger partial charge on any atom is -0.352 e. The third-order valence-electron chi connectivity index (χ3n) is 3.83. The quantitative estimate of drug-likeness (QED) is 0.837. The molecule has 0 saturated heterocycles. The average Bonchev–Trinajstić information content (AvgIpc) is 3.15. The molecule has 2 amide bonds. The fourth-order valence-corrected chi connectivity index (χ4v) is 2.66. The maximum atomic E-state index is 12.1. The zero-order chi connectivity index (χ0) is 15.5. The molecule has 1 aliphatic rings. The van der Waals surface area contributed by atoms with E-state index in [-0.39, 0.29) is 24.4 Å². The van der Waals surface area contributed by atoms with Crippen LogP contribution in [0, 0.1) is 0 Å². The van der Waals surface area contributed by atoms with Crippen LogP contribution in [0.5, 0.6) is 0 Å². The minimum atomic E-state index is -0.346. The topological polar surface area (TPSA) is 102 Å². The van der Waals surface area contributed by atoms with Crippen molar-refractivity contribution in [3.8, 4) is 0 Å². The number of hydrogen-bond donors (Lipinski definition) is 2. The number of fused-ring (bicyclic) bond motifs is 1. The summed E-state index contributed by atoms with van der Waals surface area (Å²) in [7, 11) is 1.73. The lowest BCUT2D eigenvalue weighted by molar-refractivity contribution is -0.120. The standard InChI is InChI=1S/C14H18N6O2/c1-20-13-11(18-19-20)6-9(7-15-13)14(22)16-8-12(21)17-10-4-2-3-5-10/h6-7,10H,2-5,8H2,1H3,(H,16,22)(H,17,21). The summed E-state index contributed by atoms with van der Waals surface area (Å²) in [6, 6.07) is 1.86. The van der Waals surface area contributed by atoms with Gasteiger partial charge in [-0.1, -0.05) is 18.1 Å². The highest BCUT2D eigenvalue weighted by Crippen LogP contribution is 2.17. The summed E-state index contributed by atoms with van der Waals surface area (Å²) in [6.07, 6.45) is 5.80. The van der Waals surface area contributed by atoms with Gasteiger partial charge < -0.3 is 10.6 Å². The van der Waals surface area contributed by atoms with Crippen LogP contribution >= 0.6 is 0 Å². The molecule has 0 bridgehead atoms. The van der Waals surface area contributed by atoms with E-state index in [4.69, 9.17) is 0 Å². The van der Waals surface area contributed by atoms with Crippen LogP contribution in [0.1, 0.15) is 36.0 Å². The van der Waals surface area contributed by atoms with Crippen LogP contribution in [0.3, 0.4) is 0 Å². The molecule has 1 fully saturated rings. The van der Waals surface area contributed by atoms with Crippen molar-refractivity contribution in [3.63, 3.8) is 0 Å². The largest absolute Gasteiger partial charge is 0.352 e. The van der Waals surface area contributed by atoms with Crippen LogP contribution in [0.2, 0.25) is 0 Å². The Balaban J connectivity index is 1.57. The number of aryl methyl sites for hydroxylation is 1. The Morgan fingerprint density at radius 2 is 2.14 bits per heavy atom. The number of hydrogen-bond acceptors (Lipinski definition) is 5. The van der Waals surface area contributed by atoms with Gasteiger partial charge in [-0.3, -0.25) is 9.59 Å². The van der Waals surface area contributed by atoms with Gasteiger partial charge >= 0.3 is 0 Å². The molecule has 1 saturated carbocycles. The lowest BCUT2D eigenvalue weighted by atomic mass is 10.2. The molecule has 2 aromatic heterocycles. The molecule has 3 rings (SSSR count). The fraction of sp³-hybridized carbons (Fsp3) is 0.500. The highest BCUT2D eigenvalue weighted by molar-refractivity contribution is 5.98. The molecule has 22 heavy (non-hydrogen) atoms. The zero-order valence-electron chi connectivity index (χ0n) is 12.4. The van der Waals surface area contributed by atoms with Gasteiger partial charge in [0.25, 0.3) is 5.91 Å². The molecule has 0 aromatic carbocycles. The molecule has 116 valence electrons. The average molecular weight is 302 g/mol. The molecule has 0 atom stereocenters. The number of nitrogens with one attached hydrogen (secondary N) is 2. The number of rotatable bonds is 4. The third-order valence-corrected chi connectivity index (χ3v) is 3.83. The Labute approximate surface area is 127 Å². The third kappa shape index (κ3) is 3.05. The fourth-order valence-electron chi connectivity index (χ4n) is 2.66. The highest BCUT2D eigenvalue weighted by atomic mass is 16.2. The van der Waals surface area contributed by atoms with Gasteiger partial charge in [-0.25, -0.2) is 9.67 Å². The van der Waals surface area contributed by atoms with Crippen LogP contribution in [0.15, 0.2) is 12.3 Å². The number of pyridine rings is 1. The second-order valence-corrected chi connectivity index (χ2v) is 5.51.